The first-order valence-electron chi connectivity index (χ1n) is 4.06. The molecule has 0 spiro atoms. The molecule has 0 atom stereocenters. The van der Waals surface area contributed by atoms with Crippen molar-refractivity contribution in [2.24, 2.45) is 0 Å². The second kappa shape index (κ2) is 4.64. The molecule has 0 aliphatic rings. The second-order valence-corrected chi connectivity index (χ2v) is 2.73. The van der Waals surface area contributed by atoms with Crippen molar-refractivity contribution in [2.45, 2.75) is 12.8 Å². The lowest BCUT2D eigenvalue weighted by molar-refractivity contribution is 0.142. The minimum Gasteiger partial charge on any atom is -0.399 e. The Balaban J connectivity index is 2.33. The van der Waals surface area contributed by atoms with E-state index in [1.807, 2.05) is 0 Å². The highest BCUT2D eigenvalue weighted by Crippen LogP contribution is 2.10. The third-order valence-corrected chi connectivity index (χ3v) is 1.60. The van der Waals surface area contributed by atoms with Gasteiger partial charge in [-0.3, -0.25) is 0 Å². The fourth-order valence-corrected chi connectivity index (χ4v) is 0.927. The van der Waals surface area contributed by atoms with Crippen LogP contribution in [0.4, 0.5) is 20.2 Å². The molecule has 0 saturated carbocycles. The first-order chi connectivity index (χ1) is 6.18. The van der Waals surface area contributed by atoms with E-state index < -0.39 is 6.43 Å². The van der Waals surface area contributed by atoms with Crippen LogP contribution in [0.5, 0.6) is 0 Å². The highest BCUT2D eigenvalue weighted by Gasteiger charge is 2.00. The van der Waals surface area contributed by atoms with E-state index in [-0.39, 0.29) is 13.0 Å². The van der Waals surface area contributed by atoms with Crippen LogP contribution in [0.15, 0.2) is 24.3 Å². The average molecular weight is 186 g/mol. The van der Waals surface area contributed by atoms with Crippen LogP contribution in [0.25, 0.3) is 0 Å². The lowest BCUT2D eigenvalue weighted by Crippen LogP contribution is -2.05. The molecule has 0 amide bonds. The van der Waals surface area contributed by atoms with Crippen molar-refractivity contribution in [3.05, 3.63) is 24.3 Å². The van der Waals surface area contributed by atoms with E-state index in [2.05, 4.69) is 5.32 Å². The zero-order valence-electron chi connectivity index (χ0n) is 7.13. The molecule has 72 valence electrons. The van der Waals surface area contributed by atoms with Crippen LogP contribution in [0.1, 0.15) is 6.42 Å². The van der Waals surface area contributed by atoms with Crippen LogP contribution in [-0.2, 0) is 0 Å². The van der Waals surface area contributed by atoms with E-state index in [1.165, 1.54) is 0 Å². The number of rotatable bonds is 4. The molecule has 4 heteroatoms. The summed E-state index contributed by atoms with van der Waals surface area (Å²) in [4.78, 5) is 0. The molecular formula is C9H12F2N2. The topological polar surface area (TPSA) is 38.0 Å². The molecular weight excluding hydrogens is 174 g/mol. The predicted molar refractivity (Wildman–Crippen MR) is 50.0 cm³/mol. The summed E-state index contributed by atoms with van der Waals surface area (Å²) in [6.45, 7) is 0.279. The minimum atomic E-state index is -2.25. The molecule has 3 N–H and O–H groups in total. The molecule has 1 aromatic carbocycles. The van der Waals surface area contributed by atoms with Crippen molar-refractivity contribution in [1.82, 2.24) is 0 Å². The number of nitrogens with one attached hydrogen (secondary N) is 1. The highest BCUT2D eigenvalue weighted by molar-refractivity contribution is 5.51. The summed E-state index contributed by atoms with van der Waals surface area (Å²) >= 11 is 0. The summed E-state index contributed by atoms with van der Waals surface area (Å²) in [5, 5.41) is 2.87. The lowest BCUT2D eigenvalue weighted by Gasteiger charge is -2.05. The summed E-state index contributed by atoms with van der Waals surface area (Å²) in [6.07, 6.45) is -2.38. The Morgan fingerprint density at radius 1 is 1.23 bits per heavy atom. The minimum absolute atomic E-state index is 0.135. The van der Waals surface area contributed by atoms with Crippen LogP contribution >= 0.6 is 0 Å². The molecule has 0 unspecified atom stereocenters. The Hall–Kier alpha value is -1.32. The first-order valence-corrected chi connectivity index (χ1v) is 4.06. The van der Waals surface area contributed by atoms with Gasteiger partial charge in [0, 0.05) is 24.3 Å². The van der Waals surface area contributed by atoms with E-state index in [4.69, 9.17) is 5.73 Å². The molecule has 0 aliphatic carbocycles. The van der Waals surface area contributed by atoms with E-state index in [0.717, 1.165) is 5.69 Å². The molecule has 13 heavy (non-hydrogen) atoms. The number of alkyl halides is 2. The Morgan fingerprint density at radius 3 is 2.38 bits per heavy atom. The summed E-state index contributed by atoms with van der Waals surface area (Å²) < 4.78 is 23.5. The Morgan fingerprint density at radius 2 is 1.85 bits per heavy atom. The third kappa shape index (κ3) is 3.73. The Bertz CT molecular complexity index is 246. The maximum atomic E-state index is 11.7. The number of hydrogen-bond donors (Lipinski definition) is 2. The Labute approximate surface area is 75.7 Å². The SMILES string of the molecule is Nc1ccc(NCCC(F)F)cc1. The summed E-state index contributed by atoms with van der Waals surface area (Å²) in [5.74, 6) is 0. The van der Waals surface area contributed by atoms with Crippen molar-refractivity contribution >= 4 is 11.4 Å². The smallest absolute Gasteiger partial charge is 0.240 e. The summed E-state index contributed by atoms with van der Waals surface area (Å²) in [5.41, 5.74) is 6.94. The van der Waals surface area contributed by atoms with Crippen LogP contribution in [0.3, 0.4) is 0 Å². The van der Waals surface area contributed by atoms with Crippen molar-refractivity contribution in [3.63, 3.8) is 0 Å². The third-order valence-electron chi connectivity index (χ3n) is 1.60. The number of anilines is 2. The molecule has 0 radical (unpaired) electrons. The van der Waals surface area contributed by atoms with Gasteiger partial charge in [0.05, 0.1) is 0 Å². The fourth-order valence-electron chi connectivity index (χ4n) is 0.927. The summed E-state index contributed by atoms with van der Waals surface area (Å²) in [7, 11) is 0. The van der Waals surface area contributed by atoms with Gasteiger partial charge >= 0.3 is 0 Å². The molecule has 1 rings (SSSR count). The van der Waals surface area contributed by atoms with E-state index in [0.29, 0.717) is 5.69 Å². The fraction of sp³-hybridized carbons (Fsp3) is 0.333. The number of hydrogen-bond acceptors (Lipinski definition) is 2. The average Bonchev–Trinajstić information content (AvgIpc) is 2.08. The molecule has 1 aromatic rings. The molecule has 2 nitrogen and oxygen atoms in total. The predicted octanol–water partition coefficient (Wildman–Crippen LogP) is 2.34. The second-order valence-electron chi connectivity index (χ2n) is 2.73. The van der Waals surface area contributed by atoms with Gasteiger partial charge in [-0.1, -0.05) is 0 Å². The number of nitrogens with two attached hydrogens (primary N) is 1. The normalized spacial score (nSPS) is 10.4. The van der Waals surface area contributed by atoms with Crippen LogP contribution in [-0.4, -0.2) is 13.0 Å². The van der Waals surface area contributed by atoms with Gasteiger partial charge in [0.15, 0.2) is 0 Å². The van der Waals surface area contributed by atoms with Gasteiger partial charge in [0.1, 0.15) is 0 Å². The largest absolute Gasteiger partial charge is 0.399 e. The molecule has 0 bridgehead atoms. The van der Waals surface area contributed by atoms with E-state index in [1.54, 1.807) is 24.3 Å². The van der Waals surface area contributed by atoms with Crippen molar-refractivity contribution in [1.29, 1.82) is 0 Å². The maximum Gasteiger partial charge on any atom is 0.240 e. The van der Waals surface area contributed by atoms with Gasteiger partial charge in [-0.15, -0.1) is 0 Å². The molecule has 0 heterocycles. The van der Waals surface area contributed by atoms with E-state index >= 15 is 0 Å². The number of nitrogen functional groups attached to an aromatic ring is 1. The number of halogens is 2. The van der Waals surface area contributed by atoms with Gasteiger partial charge in [0.2, 0.25) is 6.43 Å². The Kier molecular flexibility index (Phi) is 3.49. The van der Waals surface area contributed by atoms with Gasteiger partial charge < -0.3 is 11.1 Å². The number of benzene rings is 1. The molecule has 0 saturated heterocycles. The van der Waals surface area contributed by atoms with Crippen LogP contribution in [0, 0.1) is 0 Å². The van der Waals surface area contributed by atoms with Crippen molar-refractivity contribution in [2.75, 3.05) is 17.6 Å². The van der Waals surface area contributed by atoms with Crippen molar-refractivity contribution < 1.29 is 8.78 Å². The lowest BCUT2D eigenvalue weighted by atomic mass is 10.3. The summed E-state index contributed by atoms with van der Waals surface area (Å²) in [6, 6.07) is 6.98. The van der Waals surface area contributed by atoms with Crippen LogP contribution < -0.4 is 11.1 Å². The quantitative estimate of drug-likeness (QED) is 0.708. The standard InChI is InChI=1S/C9H12F2N2/c10-9(11)5-6-13-8-3-1-7(12)2-4-8/h1-4,9,13H,5-6,12H2. The first kappa shape index (κ1) is 9.77. The van der Waals surface area contributed by atoms with Crippen LogP contribution in [0.2, 0.25) is 0 Å². The monoisotopic (exact) mass is 186 g/mol. The maximum absolute atomic E-state index is 11.7. The zero-order chi connectivity index (χ0) is 9.68. The van der Waals surface area contributed by atoms with Crippen molar-refractivity contribution in [3.8, 4) is 0 Å². The molecule has 0 aromatic heterocycles. The van der Waals surface area contributed by atoms with E-state index in [9.17, 15) is 8.78 Å². The highest BCUT2D eigenvalue weighted by atomic mass is 19.3. The zero-order valence-corrected chi connectivity index (χ0v) is 7.13. The van der Waals surface area contributed by atoms with Gasteiger partial charge in [-0.05, 0) is 24.3 Å². The van der Waals surface area contributed by atoms with Gasteiger partial charge in [-0.2, -0.15) is 0 Å². The molecule has 0 fully saturated rings. The molecule has 0 aliphatic heterocycles. The van der Waals surface area contributed by atoms with Gasteiger partial charge in [0.25, 0.3) is 0 Å². The van der Waals surface area contributed by atoms with Gasteiger partial charge in [-0.25, -0.2) is 8.78 Å².